The van der Waals surface area contributed by atoms with E-state index in [0.29, 0.717) is 28.7 Å². The van der Waals surface area contributed by atoms with Gasteiger partial charge in [-0.05, 0) is 84.1 Å². The molecule has 222 valence electrons. The van der Waals surface area contributed by atoms with Crippen molar-refractivity contribution in [2.75, 3.05) is 32.7 Å². The van der Waals surface area contributed by atoms with Gasteiger partial charge in [0, 0.05) is 37.2 Å². The summed E-state index contributed by atoms with van der Waals surface area (Å²) in [6, 6.07) is 23.4. The van der Waals surface area contributed by atoms with Gasteiger partial charge in [-0.2, -0.15) is 0 Å². The number of carbonyl (C=O) groups excluding carboxylic acids is 2. The lowest BCUT2D eigenvalue weighted by Crippen LogP contribution is -2.51. The summed E-state index contributed by atoms with van der Waals surface area (Å²) in [6.45, 7) is 3.80. The lowest BCUT2D eigenvalue weighted by molar-refractivity contribution is -0.112. The third-order valence-electron chi connectivity index (χ3n) is 9.16. The minimum atomic E-state index is -0.353. The number of aromatic nitrogens is 4. The second kappa shape index (κ2) is 12.4. The molecule has 6 rings (SSSR count). The summed E-state index contributed by atoms with van der Waals surface area (Å²) < 4.78 is 1.54. The fraction of sp³-hybridized carbons (Fsp3) is 0.344. The Morgan fingerprint density at radius 3 is 2.44 bits per heavy atom. The zero-order valence-electron chi connectivity index (χ0n) is 23.7. The van der Waals surface area contributed by atoms with Gasteiger partial charge in [0.25, 0.3) is 5.91 Å². The summed E-state index contributed by atoms with van der Waals surface area (Å²) in [4.78, 5) is 29.7. The lowest BCUT2D eigenvalue weighted by Gasteiger charge is -2.43. The first kappa shape index (κ1) is 29.3. The first-order valence-electron chi connectivity index (χ1n) is 14.5. The summed E-state index contributed by atoms with van der Waals surface area (Å²) >= 11 is 12.8. The number of likely N-dealkylation sites (tertiary alicyclic amines) is 2. The minimum Gasteiger partial charge on any atom is -0.349 e. The highest BCUT2D eigenvalue weighted by atomic mass is 35.5. The Hall–Kier alpha value is -3.79. The van der Waals surface area contributed by atoms with Crippen LogP contribution in [0.1, 0.15) is 47.2 Å². The van der Waals surface area contributed by atoms with Crippen LogP contribution in [0.2, 0.25) is 10.0 Å². The van der Waals surface area contributed by atoms with Crippen LogP contribution in [-0.4, -0.2) is 75.0 Å². The molecule has 2 fully saturated rings. The molecular formula is C32H33Cl2N7O2. The Kier molecular flexibility index (Phi) is 8.47. The van der Waals surface area contributed by atoms with Crippen molar-refractivity contribution >= 4 is 35.5 Å². The number of carbonyl (C=O) groups is 2. The molecule has 1 atom stereocenters. The SMILES string of the molecule is O=CNC1(c2ccccc2)CCN(CCC2(c3ccc(Cl)c(Cl)c3)CCN(C(=O)c3cccc(-n4cnnn4)c3)C2)CC1. The van der Waals surface area contributed by atoms with Crippen LogP contribution in [0.4, 0.5) is 0 Å². The van der Waals surface area contributed by atoms with Gasteiger partial charge in [-0.25, -0.2) is 4.68 Å². The molecule has 0 saturated carbocycles. The van der Waals surface area contributed by atoms with E-state index < -0.39 is 0 Å². The van der Waals surface area contributed by atoms with E-state index in [1.807, 2.05) is 65.6 Å². The number of piperidine rings is 1. The van der Waals surface area contributed by atoms with Gasteiger partial charge in [0.1, 0.15) is 6.33 Å². The van der Waals surface area contributed by atoms with E-state index in [1.54, 1.807) is 0 Å². The number of tetrazole rings is 1. The van der Waals surface area contributed by atoms with Crippen LogP contribution in [-0.2, 0) is 15.7 Å². The quantitative estimate of drug-likeness (QED) is 0.269. The minimum absolute atomic E-state index is 0.0255. The fourth-order valence-electron chi connectivity index (χ4n) is 6.62. The van der Waals surface area contributed by atoms with Crippen LogP contribution in [0.15, 0.2) is 79.1 Å². The number of hydrogen-bond acceptors (Lipinski definition) is 6. The molecule has 9 nitrogen and oxygen atoms in total. The maximum atomic E-state index is 13.8. The van der Waals surface area contributed by atoms with Crippen molar-refractivity contribution < 1.29 is 9.59 Å². The first-order valence-corrected chi connectivity index (χ1v) is 15.2. The maximum absolute atomic E-state index is 13.8. The van der Waals surface area contributed by atoms with Gasteiger partial charge in [-0.1, -0.05) is 65.7 Å². The van der Waals surface area contributed by atoms with Crippen molar-refractivity contribution in [3.8, 4) is 5.69 Å². The van der Waals surface area contributed by atoms with E-state index in [0.717, 1.165) is 68.5 Å². The van der Waals surface area contributed by atoms with Crippen molar-refractivity contribution in [3.63, 3.8) is 0 Å². The van der Waals surface area contributed by atoms with Crippen LogP contribution >= 0.6 is 23.2 Å². The number of hydrogen-bond donors (Lipinski definition) is 1. The summed E-state index contributed by atoms with van der Waals surface area (Å²) in [5.41, 5.74) is 2.93. The molecule has 0 aliphatic carbocycles. The molecule has 0 spiro atoms. The molecule has 2 aliphatic heterocycles. The summed E-state index contributed by atoms with van der Waals surface area (Å²) in [5.74, 6) is -0.0255. The average Bonchev–Trinajstić information content (AvgIpc) is 3.74. The molecule has 4 aromatic rings. The summed E-state index contributed by atoms with van der Waals surface area (Å²) in [5, 5.41) is 15.5. The van der Waals surface area contributed by atoms with Gasteiger partial charge in [-0.3, -0.25) is 9.59 Å². The lowest BCUT2D eigenvalue weighted by atomic mass is 9.76. The molecule has 1 unspecified atom stereocenters. The first-order chi connectivity index (χ1) is 20.9. The highest BCUT2D eigenvalue weighted by Gasteiger charge is 2.43. The van der Waals surface area contributed by atoms with Gasteiger partial charge in [-0.15, -0.1) is 5.10 Å². The van der Waals surface area contributed by atoms with E-state index in [-0.39, 0.29) is 16.9 Å². The molecule has 1 N–H and O–H groups in total. The van der Waals surface area contributed by atoms with Gasteiger partial charge in [0.05, 0.1) is 21.3 Å². The number of halogens is 2. The second-order valence-electron chi connectivity index (χ2n) is 11.5. The molecule has 2 aliphatic rings. The predicted molar refractivity (Wildman–Crippen MR) is 165 cm³/mol. The molecule has 3 heterocycles. The molecule has 3 aromatic carbocycles. The van der Waals surface area contributed by atoms with Crippen LogP contribution in [0.25, 0.3) is 5.69 Å². The smallest absolute Gasteiger partial charge is 0.253 e. The Bertz CT molecular complexity index is 1580. The molecule has 2 amide bonds. The Labute approximate surface area is 260 Å². The predicted octanol–water partition coefficient (Wildman–Crippen LogP) is 4.88. The summed E-state index contributed by atoms with van der Waals surface area (Å²) in [6.07, 6.45) is 5.67. The van der Waals surface area contributed by atoms with Crippen molar-refractivity contribution in [2.24, 2.45) is 0 Å². The Morgan fingerprint density at radius 2 is 1.72 bits per heavy atom. The molecule has 0 radical (unpaired) electrons. The highest BCUT2D eigenvalue weighted by molar-refractivity contribution is 6.42. The second-order valence-corrected chi connectivity index (χ2v) is 12.3. The maximum Gasteiger partial charge on any atom is 0.253 e. The third-order valence-corrected chi connectivity index (χ3v) is 9.90. The van der Waals surface area contributed by atoms with Gasteiger partial charge < -0.3 is 15.1 Å². The van der Waals surface area contributed by atoms with Crippen molar-refractivity contribution in [1.82, 2.24) is 35.3 Å². The number of benzene rings is 3. The number of rotatable bonds is 9. The number of amides is 2. The highest BCUT2D eigenvalue weighted by Crippen LogP contribution is 2.41. The van der Waals surface area contributed by atoms with E-state index in [4.69, 9.17) is 23.2 Å². The standard InChI is InChI=1S/C32H33Cl2N7O2/c33-28-10-9-26(20-29(28)34)31(11-15-39-16-13-32(14-17-39,35-23-42)25-6-2-1-3-7-25)12-18-40(21-31)30(43)24-5-4-8-27(19-24)41-22-36-37-38-41/h1-10,19-20,22-23H,11-18,21H2,(H,35,42). The topological polar surface area (TPSA) is 96.2 Å². The zero-order valence-corrected chi connectivity index (χ0v) is 25.2. The zero-order chi connectivity index (χ0) is 29.9. The Morgan fingerprint density at radius 1 is 0.907 bits per heavy atom. The van der Waals surface area contributed by atoms with Crippen LogP contribution in [0.3, 0.4) is 0 Å². The largest absolute Gasteiger partial charge is 0.349 e. The summed E-state index contributed by atoms with van der Waals surface area (Å²) in [7, 11) is 0. The van der Waals surface area contributed by atoms with E-state index in [1.165, 1.54) is 11.0 Å². The molecule has 11 heteroatoms. The normalized spacial score (nSPS) is 20.2. The molecule has 1 aromatic heterocycles. The van der Waals surface area contributed by atoms with E-state index in [2.05, 4.69) is 37.9 Å². The van der Waals surface area contributed by atoms with Gasteiger partial charge in [0.2, 0.25) is 6.41 Å². The molecule has 43 heavy (non-hydrogen) atoms. The molecule has 0 bridgehead atoms. The molecular weight excluding hydrogens is 585 g/mol. The van der Waals surface area contributed by atoms with E-state index in [9.17, 15) is 9.59 Å². The van der Waals surface area contributed by atoms with Gasteiger partial charge >= 0.3 is 0 Å². The number of nitrogens with one attached hydrogen (secondary N) is 1. The van der Waals surface area contributed by atoms with E-state index >= 15 is 0 Å². The average molecular weight is 619 g/mol. The van der Waals surface area contributed by atoms with Crippen LogP contribution in [0.5, 0.6) is 0 Å². The van der Waals surface area contributed by atoms with Crippen molar-refractivity contribution in [1.29, 1.82) is 0 Å². The fourth-order valence-corrected chi connectivity index (χ4v) is 6.91. The van der Waals surface area contributed by atoms with Crippen LogP contribution < -0.4 is 5.32 Å². The Balaban J connectivity index is 1.19. The van der Waals surface area contributed by atoms with Crippen LogP contribution in [0, 0.1) is 0 Å². The van der Waals surface area contributed by atoms with Crippen molar-refractivity contribution in [3.05, 3.63) is 106 Å². The van der Waals surface area contributed by atoms with Crippen molar-refractivity contribution in [2.45, 2.75) is 36.6 Å². The van der Waals surface area contributed by atoms with Gasteiger partial charge in [0.15, 0.2) is 0 Å². The third kappa shape index (κ3) is 6.02. The number of nitrogens with zero attached hydrogens (tertiary/aromatic N) is 6. The monoisotopic (exact) mass is 617 g/mol. The molecule has 2 saturated heterocycles.